The second-order valence-electron chi connectivity index (χ2n) is 3.84. The van der Waals surface area contributed by atoms with Gasteiger partial charge in [0, 0.05) is 17.3 Å². The molecule has 0 saturated carbocycles. The van der Waals surface area contributed by atoms with Gasteiger partial charge in [0.2, 0.25) is 5.56 Å². The monoisotopic (exact) mass is 297 g/mol. The van der Waals surface area contributed by atoms with E-state index in [1.54, 1.807) is 38.1 Å². The van der Waals surface area contributed by atoms with E-state index in [9.17, 15) is 9.59 Å². The summed E-state index contributed by atoms with van der Waals surface area (Å²) in [6.45, 7) is 3.51. The molecule has 1 amide bonds. The molecule has 0 aromatic heterocycles. The van der Waals surface area contributed by atoms with Crippen LogP contribution in [0.3, 0.4) is 0 Å². The number of ether oxygens (including phenoxy) is 2. The summed E-state index contributed by atoms with van der Waals surface area (Å²) >= 11 is 5.95. The van der Waals surface area contributed by atoms with Gasteiger partial charge in [0.25, 0.3) is 0 Å². The number of nitrogens with one attached hydrogen (secondary N) is 1. The summed E-state index contributed by atoms with van der Waals surface area (Å²) in [6, 6.07) is 8.90. The first-order valence-corrected chi connectivity index (χ1v) is 6.48. The van der Waals surface area contributed by atoms with E-state index in [0.29, 0.717) is 11.3 Å². The third-order valence-electron chi connectivity index (χ3n) is 2.19. The number of rotatable bonds is 5. The number of carbonyl (C=O) groups is 2. The van der Waals surface area contributed by atoms with Crippen molar-refractivity contribution in [3.8, 4) is 0 Å². The molecule has 6 heteroatoms. The van der Waals surface area contributed by atoms with Crippen molar-refractivity contribution < 1.29 is 19.1 Å². The maximum absolute atomic E-state index is 11.6. The highest BCUT2D eigenvalue weighted by atomic mass is 35.5. The van der Waals surface area contributed by atoms with Crippen LogP contribution in [0.4, 0.5) is 4.79 Å². The minimum Gasteiger partial charge on any atom is -0.463 e. The van der Waals surface area contributed by atoms with Gasteiger partial charge in [-0.3, -0.25) is 5.32 Å². The molecule has 0 saturated heterocycles. The van der Waals surface area contributed by atoms with Gasteiger partial charge in [-0.05, 0) is 13.8 Å². The zero-order valence-electron chi connectivity index (χ0n) is 11.3. The predicted molar refractivity (Wildman–Crippen MR) is 75.0 cm³/mol. The standard InChI is InChI=1S/C14H16ClNO4/c1-3-19-12(17)9-10(2)16-14(18)20-13(15)11-7-5-4-6-8-11/h4-9,13H,3H2,1-2H3,(H,16,18). The number of carbonyl (C=O) groups excluding carboxylic acids is 2. The van der Waals surface area contributed by atoms with Crippen molar-refractivity contribution >= 4 is 23.7 Å². The molecular formula is C14H16ClNO4. The molecule has 0 fully saturated rings. The minimum absolute atomic E-state index is 0.269. The lowest BCUT2D eigenvalue weighted by atomic mass is 10.2. The van der Waals surface area contributed by atoms with Gasteiger partial charge in [-0.15, -0.1) is 0 Å². The highest BCUT2D eigenvalue weighted by molar-refractivity contribution is 6.20. The summed E-state index contributed by atoms with van der Waals surface area (Å²) in [4.78, 5) is 22.7. The highest BCUT2D eigenvalue weighted by Gasteiger charge is 2.13. The maximum atomic E-state index is 11.6. The van der Waals surface area contributed by atoms with Crippen molar-refractivity contribution in [1.82, 2.24) is 5.32 Å². The van der Waals surface area contributed by atoms with E-state index in [4.69, 9.17) is 21.1 Å². The average molecular weight is 298 g/mol. The number of allylic oxidation sites excluding steroid dienone is 1. The minimum atomic E-state index is -0.897. The molecule has 108 valence electrons. The van der Waals surface area contributed by atoms with Gasteiger partial charge in [-0.1, -0.05) is 41.9 Å². The largest absolute Gasteiger partial charge is 0.463 e. The summed E-state index contributed by atoms with van der Waals surface area (Å²) in [7, 11) is 0. The fourth-order valence-corrected chi connectivity index (χ4v) is 1.58. The van der Waals surface area contributed by atoms with Gasteiger partial charge in [-0.2, -0.15) is 0 Å². The Morgan fingerprint density at radius 2 is 2.00 bits per heavy atom. The van der Waals surface area contributed by atoms with Gasteiger partial charge in [0.15, 0.2) is 0 Å². The lowest BCUT2D eigenvalue weighted by Crippen LogP contribution is -2.24. The zero-order valence-corrected chi connectivity index (χ0v) is 12.0. The number of amides is 1. The molecule has 5 nitrogen and oxygen atoms in total. The second-order valence-corrected chi connectivity index (χ2v) is 4.23. The van der Waals surface area contributed by atoms with Crippen LogP contribution in [-0.4, -0.2) is 18.7 Å². The van der Waals surface area contributed by atoms with Gasteiger partial charge in [-0.25, -0.2) is 9.59 Å². The summed E-state index contributed by atoms with van der Waals surface area (Å²) in [6.07, 6.45) is 0.420. The van der Waals surface area contributed by atoms with E-state index in [2.05, 4.69) is 5.32 Å². The summed E-state index contributed by atoms with van der Waals surface area (Å²) < 4.78 is 9.68. The molecule has 0 radical (unpaired) electrons. The van der Waals surface area contributed by atoms with Gasteiger partial charge >= 0.3 is 12.1 Å². The number of esters is 1. The van der Waals surface area contributed by atoms with E-state index in [1.807, 2.05) is 6.07 Å². The molecule has 0 aliphatic rings. The van der Waals surface area contributed by atoms with Crippen molar-refractivity contribution in [2.45, 2.75) is 19.4 Å². The van der Waals surface area contributed by atoms with Crippen molar-refractivity contribution in [3.63, 3.8) is 0 Å². The Morgan fingerprint density at radius 1 is 1.35 bits per heavy atom. The van der Waals surface area contributed by atoms with Crippen LogP contribution in [0, 0.1) is 0 Å². The molecule has 0 aliphatic heterocycles. The molecule has 0 bridgehead atoms. The molecule has 0 spiro atoms. The first kappa shape index (κ1) is 16.0. The predicted octanol–water partition coefficient (Wildman–Crippen LogP) is 3.12. The van der Waals surface area contributed by atoms with E-state index < -0.39 is 17.6 Å². The Labute approximate surface area is 122 Å². The first-order valence-electron chi connectivity index (χ1n) is 6.04. The Kier molecular flexibility index (Phi) is 6.59. The van der Waals surface area contributed by atoms with Crippen LogP contribution in [0.5, 0.6) is 0 Å². The van der Waals surface area contributed by atoms with Crippen LogP contribution in [0.25, 0.3) is 0 Å². The molecule has 0 heterocycles. The topological polar surface area (TPSA) is 64.6 Å². The Balaban J connectivity index is 2.49. The first-order chi connectivity index (χ1) is 9.52. The second kappa shape index (κ2) is 8.22. The normalized spacial score (nSPS) is 12.4. The molecule has 1 rings (SSSR count). The number of benzene rings is 1. The molecule has 1 N–H and O–H groups in total. The molecule has 1 aromatic carbocycles. The van der Waals surface area contributed by atoms with Gasteiger partial charge < -0.3 is 9.47 Å². The Hall–Kier alpha value is -2.01. The third kappa shape index (κ3) is 5.75. The Morgan fingerprint density at radius 3 is 2.60 bits per heavy atom. The van der Waals surface area contributed by atoms with Crippen LogP contribution in [-0.2, 0) is 14.3 Å². The number of hydrogen-bond donors (Lipinski definition) is 1. The fraction of sp³-hybridized carbons (Fsp3) is 0.286. The maximum Gasteiger partial charge on any atom is 0.413 e. The molecular weight excluding hydrogens is 282 g/mol. The van der Waals surface area contributed by atoms with Gasteiger partial charge in [0.05, 0.1) is 6.61 Å². The van der Waals surface area contributed by atoms with E-state index in [1.165, 1.54) is 0 Å². The van der Waals surface area contributed by atoms with Crippen molar-refractivity contribution in [3.05, 3.63) is 47.7 Å². The van der Waals surface area contributed by atoms with Gasteiger partial charge in [0.1, 0.15) is 0 Å². The van der Waals surface area contributed by atoms with Crippen LogP contribution >= 0.6 is 11.6 Å². The lowest BCUT2D eigenvalue weighted by molar-refractivity contribution is -0.137. The molecule has 0 aliphatic carbocycles. The van der Waals surface area contributed by atoms with E-state index >= 15 is 0 Å². The van der Waals surface area contributed by atoms with Crippen LogP contribution in [0.15, 0.2) is 42.1 Å². The van der Waals surface area contributed by atoms with Crippen molar-refractivity contribution in [2.24, 2.45) is 0 Å². The third-order valence-corrected chi connectivity index (χ3v) is 2.53. The zero-order chi connectivity index (χ0) is 15.0. The SMILES string of the molecule is CCOC(=O)C=C(C)NC(=O)OC(Cl)c1ccccc1. The quantitative estimate of drug-likeness (QED) is 0.515. The molecule has 1 unspecified atom stereocenters. The molecule has 1 aromatic rings. The van der Waals surface area contributed by atoms with Crippen LogP contribution in [0.2, 0.25) is 0 Å². The number of alkyl carbamates (subject to hydrolysis) is 1. The van der Waals surface area contributed by atoms with Crippen molar-refractivity contribution in [1.29, 1.82) is 0 Å². The Bertz CT molecular complexity index is 487. The molecule has 1 atom stereocenters. The summed E-state index contributed by atoms with van der Waals surface area (Å²) in [5.74, 6) is -0.532. The van der Waals surface area contributed by atoms with Crippen LogP contribution < -0.4 is 5.32 Å². The number of hydrogen-bond acceptors (Lipinski definition) is 4. The number of halogens is 1. The van der Waals surface area contributed by atoms with Crippen LogP contribution in [0.1, 0.15) is 25.0 Å². The number of alkyl halides is 1. The summed E-state index contributed by atoms with van der Waals surface area (Å²) in [5.41, 5.74) is 0.0771. The highest BCUT2D eigenvalue weighted by Crippen LogP contribution is 2.21. The smallest absolute Gasteiger partial charge is 0.413 e. The van der Waals surface area contributed by atoms with Crippen molar-refractivity contribution in [2.75, 3.05) is 6.61 Å². The fourth-order valence-electron chi connectivity index (χ4n) is 1.35. The average Bonchev–Trinajstić information content (AvgIpc) is 2.39. The molecule has 20 heavy (non-hydrogen) atoms. The van der Waals surface area contributed by atoms with E-state index in [0.717, 1.165) is 6.08 Å². The summed E-state index contributed by atoms with van der Waals surface area (Å²) in [5, 5.41) is 2.38. The van der Waals surface area contributed by atoms with E-state index in [-0.39, 0.29) is 6.61 Å². The lowest BCUT2D eigenvalue weighted by Gasteiger charge is -2.12.